The Morgan fingerprint density at radius 2 is 1.79 bits per heavy atom. The molecule has 2 aromatic rings. The molecule has 0 fully saturated rings. The van der Waals surface area contributed by atoms with Gasteiger partial charge >= 0.3 is 0 Å². The molecule has 0 atom stereocenters. The molecule has 0 radical (unpaired) electrons. The van der Waals surface area contributed by atoms with Gasteiger partial charge in [-0.1, -0.05) is 17.7 Å². The van der Waals surface area contributed by atoms with Gasteiger partial charge < -0.3 is 14.8 Å². The summed E-state index contributed by atoms with van der Waals surface area (Å²) >= 11 is 1.65. The molecule has 0 aromatic heterocycles. The van der Waals surface area contributed by atoms with Crippen LogP contribution < -0.4 is 14.8 Å². The summed E-state index contributed by atoms with van der Waals surface area (Å²) in [6.07, 6.45) is -0.0774. The van der Waals surface area contributed by atoms with Crippen LogP contribution in [0.15, 0.2) is 52.3 Å². The Morgan fingerprint density at radius 3 is 2.54 bits per heavy atom. The second-order valence-electron chi connectivity index (χ2n) is 6.39. The van der Waals surface area contributed by atoms with E-state index in [9.17, 15) is 13.2 Å². The number of benzene rings is 2. The lowest BCUT2D eigenvalue weighted by molar-refractivity contribution is -0.120. The predicted molar refractivity (Wildman–Crippen MR) is 109 cm³/mol. The van der Waals surface area contributed by atoms with Crippen molar-refractivity contribution in [1.29, 1.82) is 0 Å². The Kier molecular flexibility index (Phi) is 6.85. The Labute approximate surface area is 169 Å². The van der Waals surface area contributed by atoms with Gasteiger partial charge in [0.15, 0.2) is 21.3 Å². The monoisotopic (exact) mass is 421 g/mol. The molecular formula is C20H23NO5S2. The maximum Gasteiger partial charge on any atom is 0.221 e. The summed E-state index contributed by atoms with van der Waals surface area (Å²) in [7, 11) is -3.57. The maximum atomic E-state index is 12.5. The molecule has 0 spiro atoms. The fraction of sp³-hybridized carbons (Fsp3) is 0.350. The average molecular weight is 422 g/mol. The molecule has 6 nitrogen and oxygen atoms in total. The first kappa shape index (κ1) is 20.5. The standard InChI is InChI=1S/C20H23NO5S2/c1-15-2-4-16(5-3-15)27-12-9-21-20(22)8-13-28(23,24)17-6-7-18-19(14-17)26-11-10-25-18/h2-7,14H,8-13H2,1H3,(H,21,22). The molecule has 1 amide bonds. The highest BCUT2D eigenvalue weighted by atomic mass is 32.2. The number of carbonyl (C=O) groups excluding carboxylic acids is 1. The van der Waals surface area contributed by atoms with Crippen LogP contribution in [-0.4, -0.2) is 45.6 Å². The molecule has 1 heterocycles. The second-order valence-corrected chi connectivity index (χ2v) is 9.66. The third kappa shape index (κ3) is 5.65. The zero-order chi connectivity index (χ0) is 20.0. The lowest BCUT2D eigenvalue weighted by atomic mass is 10.2. The van der Waals surface area contributed by atoms with Crippen molar-refractivity contribution in [3.63, 3.8) is 0 Å². The van der Waals surface area contributed by atoms with E-state index in [4.69, 9.17) is 9.47 Å². The van der Waals surface area contributed by atoms with E-state index in [2.05, 4.69) is 5.32 Å². The van der Waals surface area contributed by atoms with Crippen molar-refractivity contribution in [3.8, 4) is 11.5 Å². The molecule has 0 saturated carbocycles. The van der Waals surface area contributed by atoms with Crippen LogP contribution >= 0.6 is 11.8 Å². The molecule has 0 unspecified atom stereocenters. The molecule has 150 valence electrons. The van der Waals surface area contributed by atoms with E-state index in [0.717, 1.165) is 10.6 Å². The lowest BCUT2D eigenvalue weighted by Crippen LogP contribution is -2.27. The van der Waals surface area contributed by atoms with E-state index in [1.807, 2.05) is 31.2 Å². The summed E-state index contributed by atoms with van der Waals surface area (Å²) in [6, 6.07) is 12.7. The van der Waals surface area contributed by atoms with Gasteiger partial charge in [-0.25, -0.2) is 8.42 Å². The number of fused-ring (bicyclic) bond motifs is 1. The van der Waals surface area contributed by atoms with E-state index in [1.165, 1.54) is 17.7 Å². The summed E-state index contributed by atoms with van der Waals surface area (Å²) in [5.74, 6) is 1.16. The molecule has 8 heteroatoms. The Morgan fingerprint density at radius 1 is 1.07 bits per heavy atom. The first-order valence-electron chi connectivity index (χ1n) is 9.03. The maximum absolute atomic E-state index is 12.5. The SMILES string of the molecule is Cc1ccc(SCCNC(=O)CCS(=O)(=O)c2ccc3c(c2)OCCO3)cc1. The zero-order valence-corrected chi connectivity index (χ0v) is 17.3. The highest BCUT2D eigenvalue weighted by Gasteiger charge is 2.20. The second kappa shape index (κ2) is 9.34. The van der Waals surface area contributed by atoms with Gasteiger partial charge in [0, 0.05) is 29.7 Å². The fourth-order valence-corrected chi connectivity index (χ4v) is 4.66. The molecular weight excluding hydrogens is 398 g/mol. The minimum absolute atomic E-state index is 0.0774. The lowest BCUT2D eigenvalue weighted by Gasteiger charge is -2.18. The third-order valence-corrected chi connectivity index (χ3v) is 6.91. The largest absolute Gasteiger partial charge is 0.486 e. The predicted octanol–water partition coefficient (Wildman–Crippen LogP) is 2.84. The molecule has 0 aliphatic carbocycles. The van der Waals surface area contributed by atoms with Gasteiger partial charge in [0.05, 0.1) is 10.6 Å². The van der Waals surface area contributed by atoms with E-state index in [1.54, 1.807) is 17.8 Å². The van der Waals surface area contributed by atoms with Crippen molar-refractivity contribution in [2.75, 3.05) is 31.3 Å². The number of ether oxygens (including phenoxy) is 2. The summed E-state index contributed by atoms with van der Waals surface area (Å²) in [4.78, 5) is 13.3. The molecule has 28 heavy (non-hydrogen) atoms. The summed E-state index contributed by atoms with van der Waals surface area (Å²) in [6.45, 7) is 3.36. The molecule has 1 N–H and O–H groups in total. The van der Waals surface area contributed by atoms with E-state index >= 15 is 0 Å². The van der Waals surface area contributed by atoms with Gasteiger partial charge in [-0.3, -0.25) is 4.79 Å². The van der Waals surface area contributed by atoms with Crippen LogP contribution in [0.4, 0.5) is 0 Å². The topological polar surface area (TPSA) is 81.7 Å². The van der Waals surface area contributed by atoms with E-state index < -0.39 is 9.84 Å². The van der Waals surface area contributed by atoms with Gasteiger partial charge in [-0.15, -0.1) is 11.8 Å². The minimum atomic E-state index is -3.57. The molecule has 0 saturated heterocycles. The number of nitrogens with one attached hydrogen (secondary N) is 1. The van der Waals surface area contributed by atoms with E-state index in [-0.39, 0.29) is 23.0 Å². The molecule has 1 aliphatic heterocycles. The van der Waals surface area contributed by atoms with E-state index in [0.29, 0.717) is 31.3 Å². The van der Waals surface area contributed by atoms with Gasteiger partial charge in [0.2, 0.25) is 5.91 Å². The summed E-state index contributed by atoms with van der Waals surface area (Å²) < 4.78 is 35.8. The van der Waals surface area contributed by atoms with Gasteiger partial charge in [-0.2, -0.15) is 0 Å². The Bertz CT molecular complexity index is 926. The third-order valence-electron chi connectivity index (χ3n) is 4.18. The van der Waals surface area contributed by atoms with Crippen LogP contribution in [0.1, 0.15) is 12.0 Å². The van der Waals surface area contributed by atoms with Crippen molar-refractivity contribution in [2.45, 2.75) is 23.1 Å². The van der Waals surface area contributed by atoms with Crippen molar-refractivity contribution >= 4 is 27.5 Å². The Balaban J connectivity index is 1.43. The van der Waals surface area contributed by atoms with Crippen molar-refractivity contribution < 1.29 is 22.7 Å². The van der Waals surface area contributed by atoms with Crippen molar-refractivity contribution in [3.05, 3.63) is 48.0 Å². The molecule has 1 aliphatic rings. The van der Waals surface area contributed by atoms with Crippen LogP contribution in [0.3, 0.4) is 0 Å². The fourth-order valence-electron chi connectivity index (χ4n) is 2.64. The number of aryl methyl sites for hydroxylation is 1. The minimum Gasteiger partial charge on any atom is -0.486 e. The highest BCUT2D eigenvalue weighted by molar-refractivity contribution is 7.99. The number of amides is 1. The smallest absolute Gasteiger partial charge is 0.221 e. The zero-order valence-electron chi connectivity index (χ0n) is 15.6. The number of hydrogen-bond donors (Lipinski definition) is 1. The average Bonchev–Trinajstić information content (AvgIpc) is 2.70. The van der Waals surface area contributed by atoms with Crippen LogP contribution in [-0.2, 0) is 14.6 Å². The number of carbonyl (C=O) groups is 1. The number of sulfone groups is 1. The van der Waals surface area contributed by atoms with Gasteiger partial charge in [-0.05, 0) is 31.2 Å². The quantitative estimate of drug-likeness (QED) is 0.521. The highest BCUT2D eigenvalue weighted by Crippen LogP contribution is 2.32. The van der Waals surface area contributed by atoms with Crippen LogP contribution in [0, 0.1) is 6.92 Å². The summed E-state index contributed by atoms with van der Waals surface area (Å²) in [5, 5.41) is 2.77. The van der Waals surface area contributed by atoms with Crippen molar-refractivity contribution in [1.82, 2.24) is 5.32 Å². The van der Waals surface area contributed by atoms with Gasteiger partial charge in [0.1, 0.15) is 13.2 Å². The molecule has 2 aromatic carbocycles. The molecule has 0 bridgehead atoms. The van der Waals surface area contributed by atoms with Crippen LogP contribution in [0.5, 0.6) is 11.5 Å². The first-order chi connectivity index (χ1) is 13.4. The summed E-state index contributed by atoms with van der Waals surface area (Å²) in [5.41, 5.74) is 1.21. The molecule has 3 rings (SSSR count). The number of thioether (sulfide) groups is 1. The Hall–Kier alpha value is -2.19. The first-order valence-corrected chi connectivity index (χ1v) is 11.7. The van der Waals surface area contributed by atoms with Crippen LogP contribution in [0.2, 0.25) is 0 Å². The number of rotatable bonds is 8. The number of hydrogen-bond acceptors (Lipinski definition) is 6. The normalized spacial score (nSPS) is 13.2. The van der Waals surface area contributed by atoms with Crippen LogP contribution in [0.25, 0.3) is 0 Å². The van der Waals surface area contributed by atoms with Gasteiger partial charge in [0.25, 0.3) is 0 Å². The van der Waals surface area contributed by atoms with Crippen molar-refractivity contribution in [2.24, 2.45) is 0 Å².